The zero-order valence-corrected chi connectivity index (χ0v) is 88.0. The average Bonchev–Trinajstić information content (AvgIpc) is 1.59. The number of phenols is 2. The number of hydrogen-bond acceptors (Lipinski definition) is 28. The zero-order valence-electron chi connectivity index (χ0n) is 83.3. The topological polar surface area (TPSA) is 536 Å². The van der Waals surface area contributed by atoms with E-state index in [0.29, 0.717) is 42.0 Å². The third-order valence-electron chi connectivity index (χ3n) is 28.2. The maximum absolute atomic E-state index is 11.6. The minimum absolute atomic E-state index is 0. The van der Waals surface area contributed by atoms with Crippen LogP contribution in [0.15, 0.2) is 188 Å². The normalized spacial score (nSPS) is 16.7. The number of aliphatic carboxylic acids is 3. The number of nitrogen functional groups attached to an aromatic ring is 1. The van der Waals surface area contributed by atoms with Crippen molar-refractivity contribution >= 4 is 132 Å². The Bertz CT molecular complexity index is 5810. The van der Waals surface area contributed by atoms with Gasteiger partial charge in [-0.25, -0.2) is 0 Å². The maximum Gasteiger partial charge on any atom is 1.00 e. The van der Waals surface area contributed by atoms with Crippen molar-refractivity contribution in [3.63, 3.8) is 0 Å². The number of benzene rings is 9. The van der Waals surface area contributed by atoms with Gasteiger partial charge in [0.05, 0.1) is 113 Å². The SMILES string of the molecule is BrB(Br)Br.C.C.CC(=O)C1(c2ccc(O)c(N)c2)CC1.CC(=O)C1(c2ccc(O)c([N+](=O)[O-])c2)CC1.CC(=O)C1(c2ccc3c(c2)CC(=O)O3)CC1.CO.CO.COc1ccc(C2(C(=O)O)CC2)cc1.COc1ccc(C2(C(=O)O)CC2)cc1.COc1ccc(C2(C(C)=O)CC2)cc1.COc1ccc(C2(C(C)=O)CC2)cc1.COc1ccc(C2(C(C)=O)CC2)cc1[N+](=O)[O-].O=C1Cc2cc(C3(C(=O)O)CC3)ccc2O1.[Li+].[OH-]. The molecule has 0 amide bonds. The number of nitrogens with two attached hydrogens (primary N) is 1. The number of esters is 2. The monoisotopic (exact) mass is 2210 g/mol. The molecule has 0 spiro atoms. The predicted octanol–water partition coefficient (Wildman–Crippen LogP) is 16.5. The zero-order chi connectivity index (χ0) is 106. The fraction of sp³-hybridized carbons (Fsp3) is 0.404. The Balaban J connectivity index is 0.000000287. The van der Waals surface area contributed by atoms with E-state index in [4.69, 9.17) is 64.4 Å². The van der Waals surface area contributed by atoms with E-state index in [9.17, 15) is 83.2 Å². The van der Waals surface area contributed by atoms with Gasteiger partial charge in [0.15, 0.2) is 11.5 Å². The molecule has 0 unspecified atom stereocenters. The Morgan fingerprint density at radius 1 is 0.333 bits per heavy atom. The number of Topliss-reactive ketones (excluding diaryl/α,β-unsaturated/α-hetero) is 6. The van der Waals surface area contributed by atoms with Gasteiger partial charge in [-0.2, -0.15) is 0 Å². The minimum atomic E-state index is -0.780. The molecule has 9 aromatic rings. The number of ketones is 6. The minimum Gasteiger partial charge on any atom is -0.870 e. The van der Waals surface area contributed by atoms with Crippen molar-refractivity contribution in [3.05, 3.63) is 269 Å². The van der Waals surface area contributed by atoms with Crippen LogP contribution in [0, 0.1) is 20.2 Å². The van der Waals surface area contributed by atoms with Crippen molar-refractivity contribution in [1.29, 1.82) is 0 Å². The summed E-state index contributed by atoms with van der Waals surface area (Å²) in [5, 5.41) is 81.4. The first-order chi connectivity index (χ1) is 67.8. The van der Waals surface area contributed by atoms with Gasteiger partial charge < -0.3 is 80.1 Å². The van der Waals surface area contributed by atoms with E-state index in [1.54, 1.807) is 141 Å². The van der Waals surface area contributed by atoms with Gasteiger partial charge in [0, 0.05) is 37.5 Å². The summed E-state index contributed by atoms with van der Waals surface area (Å²) in [5.74, 6) is 2.69. The van der Waals surface area contributed by atoms with Crippen molar-refractivity contribution < 1.29 is 156 Å². The average molecular weight is 2220 g/mol. The van der Waals surface area contributed by atoms with E-state index < -0.39 is 54.8 Å². The smallest absolute Gasteiger partial charge is 0.870 e. The number of phenolic OH excluding ortho intramolecular Hbond substituents is 2. The number of fused-ring (bicyclic) bond motifs is 2. The number of aliphatic hydroxyl groups excluding tert-OH is 2. The summed E-state index contributed by atoms with van der Waals surface area (Å²) >= 11 is 9.31. The number of carboxylic acids is 3. The molecule has 0 saturated heterocycles. The summed E-state index contributed by atoms with van der Waals surface area (Å²) in [6.45, 7) is 9.63. The van der Waals surface area contributed by atoms with Crippen LogP contribution in [0.25, 0.3) is 0 Å². The maximum atomic E-state index is 11.6. The number of carboxylic acid groups (broad SMARTS) is 3. The number of carbonyl (C=O) groups excluding carboxylic acids is 8. The summed E-state index contributed by atoms with van der Waals surface area (Å²) in [7, 11) is 9.87. The van der Waals surface area contributed by atoms with E-state index in [1.807, 2.05) is 84.9 Å². The Morgan fingerprint density at radius 3 is 0.769 bits per heavy atom. The molecule has 9 aromatic carbocycles. The third kappa shape index (κ3) is 29.6. The quantitative estimate of drug-likeness (QED) is 0.00501. The molecule has 20 rings (SSSR count). The molecule has 0 atom stereocenters. The summed E-state index contributed by atoms with van der Waals surface area (Å²) in [6, 6.07) is 55.0. The molecular weight excluding hydrogens is 2090 g/mol. The van der Waals surface area contributed by atoms with Crippen LogP contribution in [-0.4, -0.2) is 169 Å². The molecular formula is C109H128BBr3LiN3O30. The third-order valence-corrected chi connectivity index (χ3v) is 28.2. The largest absolute Gasteiger partial charge is 1.00 e. The number of methoxy groups -OCH3 is 5. The van der Waals surface area contributed by atoms with Gasteiger partial charge >= 0.3 is 63.3 Å². The molecule has 9 aliphatic carbocycles. The number of anilines is 1. The number of nitrogens with zero attached hydrogens (tertiary/aromatic N) is 2. The van der Waals surface area contributed by atoms with Crippen LogP contribution >= 0.6 is 47.3 Å². The number of hydrogen-bond donors (Lipinski definition) is 8. The standard InChI is InChI=1S/C13H12O3.C12H13NO4.C12H10O4.2C12H14O2.C11H11NO4.C11H13NO2.2C11H12O3.2CH4O.2CH4.BBr3.Li.H2O/c1-8(14)13(4-5-13)10-2-3-11-9(6-10)7-12(15)16-11;1-8(14)12(5-6-12)9-3-4-11(17-2)10(7-9)13(15)16;13-10-6-7-5-8(1-2-9(7)16-10)12(3-4-12)11(14)15;2*1-9(13)12(7-8-12)10-3-5-11(14-2)6-4-10;1-7(13)11(4-5-11)8-2-3-10(14)9(6-8)12(15)16;1-7(13)11(4-5-11)8-2-3-10(14)9(12)6-8;2*1-14-9-4-2-8(3-5-9)11(6-7-11)10(12)13;2*1-2;;;2-1(3)4;;/h2-3,6H,4-5,7H2,1H3;3-4,7H,5-6H2,1-2H3;1-2,5H,3-4,6H2,(H,14,15);2*3-6H,7-8H2,1-2H3;2-3,6,14H,4-5H2,1H3;2-3,6,14H,4-5,12H2,1H3;2*2-5H,6-7H2,1H3,(H,12,13);2*2H,1H3;2*1H4;;;1H2/q;;;;;;;;;;;;;;+1;/p-1. The van der Waals surface area contributed by atoms with Crippen molar-refractivity contribution in [3.8, 4) is 51.7 Å². The number of carbonyl (C=O) groups is 11. The number of halogens is 3. The number of ether oxygens (including phenoxy) is 7. The number of nitro groups is 2. The molecule has 784 valence electrons. The van der Waals surface area contributed by atoms with Crippen LogP contribution in [0.4, 0.5) is 17.1 Å². The Kier molecular flexibility index (Phi) is 45.0. The Morgan fingerprint density at radius 2 is 0.537 bits per heavy atom. The predicted molar refractivity (Wildman–Crippen MR) is 560 cm³/mol. The van der Waals surface area contributed by atoms with Crippen molar-refractivity contribution in [2.24, 2.45) is 0 Å². The second kappa shape index (κ2) is 52.9. The molecule has 0 aromatic heterocycles. The molecule has 38 heteroatoms. The second-order valence-corrected chi connectivity index (χ2v) is 42.9. The fourth-order valence-corrected chi connectivity index (χ4v) is 17.5. The van der Waals surface area contributed by atoms with Crippen LogP contribution in [0.2, 0.25) is 0 Å². The molecule has 2 aliphatic heterocycles. The molecule has 147 heavy (non-hydrogen) atoms. The molecule has 10 N–H and O–H groups in total. The van der Waals surface area contributed by atoms with Gasteiger partial charge in [0.1, 0.15) is 74.9 Å². The van der Waals surface area contributed by atoms with E-state index in [1.165, 1.54) is 39.2 Å². The van der Waals surface area contributed by atoms with Gasteiger partial charge in [-0.1, -0.05) is 106 Å². The summed E-state index contributed by atoms with van der Waals surface area (Å²) in [5.41, 5.74) is 11.5. The summed E-state index contributed by atoms with van der Waals surface area (Å²) in [6.07, 6.45) is 15.5. The second-order valence-electron chi connectivity index (χ2n) is 36.5. The van der Waals surface area contributed by atoms with Crippen LogP contribution in [-0.2, 0) is 114 Å². The van der Waals surface area contributed by atoms with Crippen molar-refractivity contribution in [1.82, 2.24) is 0 Å². The first-order valence-corrected chi connectivity index (χ1v) is 48.8. The van der Waals surface area contributed by atoms with Gasteiger partial charge in [-0.3, -0.25) is 73.0 Å². The fourth-order valence-electron chi connectivity index (χ4n) is 17.5. The molecule has 9 saturated carbocycles. The summed E-state index contributed by atoms with van der Waals surface area (Å²) < 4.78 is 35.4. The van der Waals surface area contributed by atoms with Gasteiger partial charge in [0.2, 0.25) is 0 Å². The number of aliphatic hydroxyl groups is 2. The van der Waals surface area contributed by atoms with E-state index in [0.717, 1.165) is 196 Å². The van der Waals surface area contributed by atoms with Crippen LogP contribution in [0.5, 0.6) is 51.7 Å². The Labute approximate surface area is 891 Å². The molecule has 2 heterocycles. The Hall–Kier alpha value is -12.5. The van der Waals surface area contributed by atoms with Crippen LogP contribution < -0.4 is 57.8 Å². The summed E-state index contributed by atoms with van der Waals surface area (Å²) in [4.78, 5) is 145. The molecule has 11 aliphatic rings. The number of nitro benzene ring substituents is 2. The van der Waals surface area contributed by atoms with E-state index >= 15 is 0 Å². The van der Waals surface area contributed by atoms with E-state index in [2.05, 4.69) is 47.3 Å². The van der Waals surface area contributed by atoms with E-state index in [-0.39, 0.29) is 146 Å². The molecule has 0 radical (unpaired) electrons. The van der Waals surface area contributed by atoms with Gasteiger partial charge in [-0.15, -0.1) is 47.3 Å². The molecule has 0 bridgehead atoms. The van der Waals surface area contributed by atoms with Gasteiger partial charge in [-0.05, 0) is 292 Å². The first kappa shape index (κ1) is 125. The molecule has 33 nitrogen and oxygen atoms in total. The molecule has 9 fully saturated rings. The van der Waals surface area contributed by atoms with Crippen molar-refractivity contribution in [2.75, 3.05) is 55.5 Å². The van der Waals surface area contributed by atoms with Crippen molar-refractivity contribution in [2.45, 2.75) is 234 Å². The van der Waals surface area contributed by atoms with Crippen LogP contribution in [0.1, 0.15) is 233 Å². The van der Waals surface area contributed by atoms with Gasteiger partial charge in [0.25, 0.3) is 0 Å². The first-order valence-electron chi connectivity index (χ1n) is 46.0. The number of aromatic hydroxyl groups is 2. The number of rotatable bonds is 25. The van der Waals surface area contributed by atoms with Crippen LogP contribution in [0.3, 0.4) is 0 Å².